The quantitative estimate of drug-likeness (QED) is 0.849. The topological polar surface area (TPSA) is 56.8 Å². The van der Waals surface area contributed by atoms with E-state index < -0.39 is 0 Å². The summed E-state index contributed by atoms with van der Waals surface area (Å²) in [5, 5.41) is 10.8. The third-order valence-corrected chi connectivity index (χ3v) is 4.82. The largest absolute Gasteiger partial charge is 0.339 e. The Morgan fingerprint density at radius 1 is 1.29 bits per heavy atom. The summed E-state index contributed by atoms with van der Waals surface area (Å²) in [4.78, 5) is 8.17. The van der Waals surface area contributed by atoms with Gasteiger partial charge in [0.1, 0.15) is 0 Å². The molecule has 1 fully saturated rings. The highest BCUT2D eigenvalue weighted by molar-refractivity contribution is 7.98. The zero-order valence-electron chi connectivity index (χ0n) is 12.5. The molecule has 0 radical (unpaired) electrons. The smallest absolute Gasteiger partial charge is 0.245 e. The molecule has 21 heavy (non-hydrogen) atoms. The molecule has 1 aromatic carbocycles. The number of hydrogen-bond donors (Lipinski definition) is 2. The number of piperidine rings is 1. The van der Waals surface area contributed by atoms with Crippen LogP contribution in [0.1, 0.15) is 12.8 Å². The molecule has 2 N–H and O–H groups in total. The van der Waals surface area contributed by atoms with Crippen molar-refractivity contribution in [1.82, 2.24) is 20.5 Å². The molecule has 1 aliphatic rings. The van der Waals surface area contributed by atoms with Crippen LogP contribution in [0.25, 0.3) is 11.4 Å². The molecule has 0 unspecified atom stereocenters. The fourth-order valence-corrected chi connectivity index (χ4v) is 3.32. The van der Waals surface area contributed by atoms with Gasteiger partial charge in [-0.1, -0.05) is 18.2 Å². The molecule has 2 heterocycles. The normalized spacial score (nSPS) is 16.4. The maximum atomic E-state index is 4.69. The van der Waals surface area contributed by atoms with Gasteiger partial charge in [0.2, 0.25) is 5.95 Å². The monoisotopic (exact) mass is 303 g/mol. The highest BCUT2D eigenvalue weighted by atomic mass is 32.2. The summed E-state index contributed by atoms with van der Waals surface area (Å²) in [6, 6.07) is 8.91. The second kappa shape index (κ2) is 6.49. The first-order valence-corrected chi connectivity index (χ1v) is 8.52. The van der Waals surface area contributed by atoms with Gasteiger partial charge in [-0.2, -0.15) is 4.98 Å². The molecule has 0 atom stereocenters. The van der Waals surface area contributed by atoms with E-state index in [0.29, 0.717) is 6.04 Å². The number of anilines is 1. The van der Waals surface area contributed by atoms with Crippen molar-refractivity contribution in [3.05, 3.63) is 24.3 Å². The van der Waals surface area contributed by atoms with Crippen LogP contribution in [0.5, 0.6) is 0 Å². The first-order chi connectivity index (χ1) is 10.3. The molecule has 0 saturated carbocycles. The summed E-state index contributed by atoms with van der Waals surface area (Å²) in [7, 11) is 2.03. The van der Waals surface area contributed by atoms with Gasteiger partial charge in [0.25, 0.3) is 0 Å². The minimum Gasteiger partial charge on any atom is -0.339 e. The minimum atomic E-state index is 0.622. The SMILES string of the molecule is CNC1CCN(c2n[nH]c(-c3ccccc3SC)n2)CC1. The Morgan fingerprint density at radius 2 is 2.05 bits per heavy atom. The summed E-state index contributed by atoms with van der Waals surface area (Å²) >= 11 is 1.73. The number of thioether (sulfide) groups is 1. The Kier molecular flexibility index (Phi) is 4.45. The molecular formula is C15H21N5S. The van der Waals surface area contributed by atoms with Gasteiger partial charge in [-0.15, -0.1) is 16.9 Å². The van der Waals surface area contributed by atoms with Crippen molar-refractivity contribution in [3.63, 3.8) is 0 Å². The lowest BCUT2D eigenvalue weighted by Gasteiger charge is -2.30. The van der Waals surface area contributed by atoms with Crippen molar-refractivity contribution >= 4 is 17.7 Å². The molecule has 5 nitrogen and oxygen atoms in total. The van der Waals surface area contributed by atoms with Gasteiger partial charge in [0, 0.05) is 29.6 Å². The van der Waals surface area contributed by atoms with Gasteiger partial charge in [-0.05, 0) is 32.2 Å². The molecule has 1 saturated heterocycles. The molecule has 1 aliphatic heterocycles. The van der Waals surface area contributed by atoms with Crippen LogP contribution < -0.4 is 10.2 Å². The van der Waals surface area contributed by atoms with Gasteiger partial charge < -0.3 is 10.2 Å². The van der Waals surface area contributed by atoms with Crippen LogP contribution in [-0.2, 0) is 0 Å². The molecular weight excluding hydrogens is 282 g/mol. The molecule has 3 rings (SSSR count). The van der Waals surface area contributed by atoms with Crippen LogP contribution >= 0.6 is 11.8 Å². The van der Waals surface area contributed by atoms with E-state index in [-0.39, 0.29) is 0 Å². The second-order valence-corrected chi connectivity index (χ2v) is 6.08. The first kappa shape index (κ1) is 14.4. The van der Waals surface area contributed by atoms with Crippen LogP contribution in [-0.4, -0.2) is 47.6 Å². The summed E-state index contributed by atoms with van der Waals surface area (Å²) < 4.78 is 0. The molecule has 0 bridgehead atoms. The van der Waals surface area contributed by atoms with E-state index in [1.54, 1.807) is 11.8 Å². The van der Waals surface area contributed by atoms with E-state index in [2.05, 4.69) is 49.9 Å². The Balaban J connectivity index is 1.78. The standard InChI is InChI=1S/C15H21N5S/c1-16-11-7-9-20(10-8-11)15-17-14(18-19-15)12-5-3-4-6-13(12)21-2/h3-6,11,16H,7-10H2,1-2H3,(H,17,18,19). The lowest BCUT2D eigenvalue weighted by atomic mass is 10.1. The summed E-state index contributed by atoms with van der Waals surface area (Å²) in [5.41, 5.74) is 1.12. The van der Waals surface area contributed by atoms with Crippen LogP contribution in [0, 0.1) is 0 Å². The molecule has 0 spiro atoms. The maximum absolute atomic E-state index is 4.69. The zero-order valence-corrected chi connectivity index (χ0v) is 13.3. The Hall–Kier alpha value is -1.53. The third kappa shape index (κ3) is 3.06. The molecule has 0 aliphatic carbocycles. The van der Waals surface area contributed by atoms with Crippen LogP contribution in [0.4, 0.5) is 5.95 Å². The van der Waals surface area contributed by atoms with Crippen molar-refractivity contribution in [3.8, 4) is 11.4 Å². The fraction of sp³-hybridized carbons (Fsp3) is 0.467. The Labute approximate surface area is 129 Å². The van der Waals surface area contributed by atoms with Crippen molar-refractivity contribution in [2.24, 2.45) is 0 Å². The predicted octanol–water partition coefficient (Wildman–Crippen LogP) is 2.38. The van der Waals surface area contributed by atoms with E-state index >= 15 is 0 Å². The summed E-state index contributed by atoms with van der Waals surface area (Å²) in [5.74, 6) is 1.67. The number of rotatable bonds is 4. The van der Waals surface area contributed by atoms with Crippen molar-refractivity contribution in [2.45, 2.75) is 23.8 Å². The average Bonchev–Trinajstić information content (AvgIpc) is 3.04. The predicted molar refractivity (Wildman–Crippen MR) is 87.9 cm³/mol. The van der Waals surface area contributed by atoms with Gasteiger partial charge in [-0.25, -0.2) is 0 Å². The van der Waals surface area contributed by atoms with Gasteiger partial charge in [-0.3, -0.25) is 5.10 Å². The first-order valence-electron chi connectivity index (χ1n) is 7.30. The van der Waals surface area contributed by atoms with Crippen LogP contribution in [0.2, 0.25) is 0 Å². The summed E-state index contributed by atoms with van der Waals surface area (Å²) in [6.07, 6.45) is 4.36. The van der Waals surface area contributed by atoms with Crippen molar-refractivity contribution in [2.75, 3.05) is 31.3 Å². The molecule has 0 amide bonds. The number of nitrogens with one attached hydrogen (secondary N) is 2. The number of hydrogen-bond acceptors (Lipinski definition) is 5. The molecule has 1 aromatic heterocycles. The van der Waals surface area contributed by atoms with Gasteiger partial charge >= 0.3 is 0 Å². The number of aromatic nitrogens is 3. The van der Waals surface area contributed by atoms with Crippen LogP contribution in [0.3, 0.4) is 0 Å². The molecule has 6 heteroatoms. The van der Waals surface area contributed by atoms with Crippen LogP contribution in [0.15, 0.2) is 29.2 Å². The molecule has 2 aromatic rings. The number of H-pyrrole nitrogens is 1. The lowest BCUT2D eigenvalue weighted by molar-refractivity contribution is 0.439. The number of nitrogens with zero attached hydrogens (tertiary/aromatic N) is 3. The lowest BCUT2D eigenvalue weighted by Crippen LogP contribution is -2.41. The Morgan fingerprint density at radius 3 is 2.76 bits per heavy atom. The second-order valence-electron chi connectivity index (χ2n) is 5.23. The van der Waals surface area contributed by atoms with E-state index in [9.17, 15) is 0 Å². The zero-order chi connectivity index (χ0) is 14.7. The van der Waals surface area contributed by atoms with Crippen molar-refractivity contribution < 1.29 is 0 Å². The highest BCUT2D eigenvalue weighted by Gasteiger charge is 2.21. The van der Waals surface area contributed by atoms with E-state index in [4.69, 9.17) is 0 Å². The maximum Gasteiger partial charge on any atom is 0.245 e. The fourth-order valence-electron chi connectivity index (χ4n) is 2.72. The third-order valence-electron chi connectivity index (χ3n) is 4.02. The van der Waals surface area contributed by atoms with Crippen molar-refractivity contribution in [1.29, 1.82) is 0 Å². The molecule has 112 valence electrons. The van der Waals surface area contributed by atoms with E-state index in [0.717, 1.165) is 43.3 Å². The van der Waals surface area contributed by atoms with Gasteiger partial charge in [0.15, 0.2) is 5.82 Å². The number of aromatic amines is 1. The van der Waals surface area contributed by atoms with E-state index in [1.807, 2.05) is 13.1 Å². The van der Waals surface area contributed by atoms with E-state index in [1.165, 1.54) is 4.90 Å². The van der Waals surface area contributed by atoms with Gasteiger partial charge in [0.05, 0.1) is 0 Å². The average molecular weight is 303 g/mol. The minimum absolute atomic E-state index is 0.622. The Bertz CT molecular complexity index is 589. The highest BCUT2D eigenvalue weighted by Crippen LogP contribution is 2.28. The number of benzene rings is 1. The summed E-state index contributed by atoms with van der Waals surface area (Å²) in [6.45, 7) is 2.01.